The van der Waals surface area contributed by atoms with E-state index in [9.17, 15) is 4.79 Å². The summed E-state index contributed by atoms with van der Waals surface area (Å²) in [6.07, 6.45) is 2.77. The number of aromatic nitrogens is 2. The van der Waals surface area contributed by atoms with Crippen LogP contribution >= 0.6 is 0 Å². The number of hydrogen-bond acceptors (Lipinski definition) is 4. The first-order valence-corrected chi connectivity index (χ1v) is 8.39. The average molecular weight is 345 g/mol. The van der Waals surface area contributed by atoms with Crippen molar-refractivity contribution in [3.05, 3.63) is 42.2 Å². The lowest BCUT2D eigenvalue weighted by atomic mass is 9.87. The molecule has 1 atom stereocenters. The normalized spacial score (nSPS) is 12.7. The van der Waals surface area contributed by atoms with Gasteiger partial charge in [0.05, 0.1) is 25.0 Å². The van der Waals surface area contributed by atoms with E-state index in [2.05, 4.69) is 37.3 Å². The second-order valence-corrected chi connectivity index (χ2v) is 7.01. The topological polar surface area (TPSA) is 65.4 Å². The second-order valence-electron chi connectivity index (χ2n) is 7.01. The number of anilines is 1. The number of nitrogens with zero attached hydrogens (tertiary/aromatic N) is 2. The molecule has 0 aliphatic carbocycles. The Balaban J connectivity index is 1.95. The number of rotatable bonds is 7. The van der Waals surface area contributed by atoms with Gasteiger partial charge in [-0.05, 0) is 30.0 Å². The van der Waals surface area contributed by atoms with Gasteiger partial charge in [0.25, 0.3) is 5.91 Å². The van der Waals surface area contributed by atoms with Gasteiger partial charge in [0.15, 0.2) is 6.10 Å². The van der Waals surface area contributed by atoms with E-state index >= 15 is 0 Å². The predicted octanol–water partition coefficient (Wildman–Crippen LogP) is 3.23. The van der Waals surface area contributed by atoms with Crippen molar-refractivity contribution in [2.24, 2.45) is 0 Å². The van der Waals surface area contributed by atoms with Crippen LogP contribution in [-0.2, 0) is 21.5 Å². The van der Waals surface area contributed by atoms with Crippen molar-refractivity contribution in [2.75, 3.05) is 19.0 Å². The zero-order chi connectivity index (χ0) is 18.4. The Morgan fingerprint density at radius 2 is 2.12 bits per heavy atom. The van der Waals surface area contributed by atoms with Crippen LogP contribution in [-0.4, -0.2) is 35.5 Å². The van der Waals surface area contributed by atoms with Crippen LogP contribution in [0.2, 0.25) is 0 Å². The first kappa shape index (κ1) is 19.0. The lowest BCUT2D eigenvalue weighted by Crippen LogP contribution is -2.30. The summed E-state index contributed by atoms with van der Waals surface area (Å²) < 4.78 is 12.5. The van der Waals surface area contributed by atoms with Crippen molar-refractivity contribution in [3.8, 4) is 5.75 Å². The molecule has 0 radical (unpaired) electrons. The van der Waals surface area contributed by atoms with Crippen LogP contribution in [0.15, 0.2) is 36.7 Å². The number of hydrogen-bond donors (Lipinski definition) is 1. The van der Waals surface area contributed by atoms with Gasteiger partial charge in [0.1, 0.15) is 5.75 Å². The molecule has 1 aromatic carbocycles. The van der Waals surface area contributed by atoms with Crippen molar-refractivity contribution >= 4 is 11.6 Å². The number of nitrogens with one attached hydrogen (secondary N) is 1. The first-order valence-electron chi connectivity index (χ1n) is 8.39. The van der Waals surface area contributed by atoms with Crippen LogP contribution in [0.5, 0.6) is 5.75 Å². The molecule has 1 amide bonds. The first-order chi connectivity index (χ1) is 11.8. The van der Waals surface area contributed by atoms with Crippen molar-refractivity contribution in [1.29, 1.82) is 0 Å². The van der Waals surface area contributed by atoms with E-state index in [4.69, 9.17) is 9.47 Å². The Bertz CT molecular complexity index is 704. The molecule has 0 saturated carbocycles. The predicted molar refractivity (Wildman–Crippen MR) is 98.0 cm³/mol. The molecule has 0 fully saturated rings. The summed E-state index contributed by atoms with van der Waals surface area (Å²) in [5.41, 5.74) is 1.83. The Morgan fingerprint density at radius 1 is 1.36 bits per heavy atom. The molecular formula is C19H27N3O3. The van der Waals surface area contributed by atoms with Crippen molar-refractivity contribution in [2.45, 2.75) is 45.8 Å². The highest BCUT2D eigenvalue weighted by molar-refractivity contribution is 5.93. The molecule has 0 bridgehead atoms. The van der Waals surface area contributed by atoms with Crippen LogP contribution < -0.4 is 10.1 Å². The molecule has 1 aromatic heterocycles. The van der Waals surface area contributed by atoms with Crippen LogP contribution in [0.1, 0.15) is 33.3 Å². The minimum absolute atomic E-state index is 0.0294. The maximum absolute atomic E-state index is 12.3. The maximum Gasteiger partial charge on any atom is 0.265 e. The van der Waals surface area contributed by atoms with Gasteiger partial charge in [-0.2, -0.15) is 5.10 Å². The molecule has 0 spiro atoms. The molecule has 0 saturated heterocycles. The van der Waals surface area contributed by atoms with Gasteiger partial charge in [-0.15, -0.1) is 0 Å². The lowest BCUT2D eigenvalue weighted by molar-refractivity contribution is -0.122. The van der Waals surface area contributed by atoms with Gasteiger partial charge in [-0.1, -0.05) is 32.9 Å². The highest BCUT2D eigenvalue weighted by atomic mass is 16.5. The molecule has 2 aromatic rings. The van der Waals surface area contributed by atoms with Crippen LogP contribution in [0, 0.1) is 0 Å². The van der Waals surface area contributed by atoms with Gasteiger partial charge in [0.2, 0.25) is 0 Å². The number of amides is 1. The van der Waals surface area contributed by atoms with Gasteiger partial charge in [0, 0.05) is 13.3 Å². The minimum Gasteiger partial charge on any atom is -0.481 e. The Labute approximate surface area is 149 Å². The minimum atomic E-state index is -0.613. The van der Waals surface area contributed by atoms with Gasteiger partial charge < -0.3 is 14.8 Å². The number of benzene rings is 1. The fraction of sp³-hybridized carbons (Fsp3) is 0.474. The number of carbonyl (C=O) groups excluding carboxylic acids is 1. The molecule has 2 rings (SSSR count). The zero-order valence-electron chi connectivity index (χ0n) is 15.6. The maximum atomic E-state index is 12.3. The fourth-order valence-electron chi connectivity index (χ4n) is 2.27. The molecule has 0 aliphatic heterocycles. The lowest BCUT2D eigenvalue weighted by Gasteiger charge is -2.21. The summed E-state index contributed by atoms with van der Waals surface area (Å²) in [5, 5.41) is 6.99. The number of carbonyl (C=O) groups is 1. The van der Waals surface area contributed by atoms with Gasteiger partial charge in [-0.3, -0.25) is 9.48 Å². The SMILES string of the molecule is COCCn1cc(NC(=O)C(C)Oc2cccc(C(C)(C)C)c2)cn1. The van der Waals surface area contributed by atoms with Crippen molar-refractivity contribution < 1.29 is 14.3 Å². The standard InChI is InChI=1S/C19H27N3O3/c1-14(25-17-8-6-7-15(11-17)19(2,3)4)18(23)21-16-12-20-22(13-16)9-10-24-5/h6-8,11-14H,9-10H2,1-5H3,(H,21,23). The highest BCUT2D eigenvalue weighted by Crippen LogP contribution is 2.26. The molecular weight excluding hydrogens is 318 g/mol. The molecule has 6 heteroatoms. The molecule has 6 nitrogen and oxygen atoms in total. The average Bonchev–Trinajstić information content (AvgIpc) is 2.99. The number of ether oxygens (including phenoxy) is 2. The summed E-state index contributed by atoms with van der Waals surface area (Å²) in [5.74, 6) is 0.471. The summed E-state index contributed by atoms with van der Waals surface area (Å²) in [6, 6.07) is 7.85. The molecule has 1 unspecified atom stereocenters. The van der Waals surface area contributed by atoms with Crippen LogP contribution in [0.25, 0.3) is 0 Å². The van der Waals surface area contributed by atoms with Crippen molar-refractivity contribution in [1.82, 2.24) is 9.78 Å². The summed E-state index contributed by atoms with van der Waals surface area (Å²) in [4.78, 5) is 12.3. The fourth-order valence-corrected chi connectivity index (χ4v) is 2.27. The summed E-state index contributed by atoms with van der Waals surface area (Å²) >= 11 is 0. The van der Waals surface area contributed by atoms with Crippen LogP contribution in [0.3, 0.4) is 0 Å². The Kier molecular flexibility index (Phi) is 6.20. The molecule has 1 heterocycles. The molecule has 25 heavy (non-hydrogen) atoms. The monoisotopic (exact) mass is 345 g/mol. The quantitative estimate of drug-likeness (QED) is 0.837. The highest BCUT2D eigenvalue weighted by Gasteiger charge is 2.18. The van der Waals surface area contributed by atoms with E-state index in [-0.39, 0.29) is 11.3 Å². The molecule has 0 aliphatic rings. The summed E-state index contributed by atoms with van der Waals surface area (Å²) in [6.45, 7) is 9.36. The zero-order valence-corrected chi connectivity index (χ0v) is 15.6. The third-order valence-electron chi connectivity index (χ3n) is 3.81. The largest absolute Gasteiger partial charge is 0.481 e. The van der Waals surface area contributed by atoms with E-state index in [0.29, 0.717) is 24.6 Å². The second kappa shape index (κ2) is 8.16. The van der Waals surface area contributed by atoms with Gasteiger partial charge >= 0.3 is 0 Å². The third kappa shape index (κ3) is 5.60. The van der Waals surface area contributed by atoms with Crippen LogP contribution in [0.4, 0.5) is 5.69 Å². The molecule has 1 N–H and O–H groups in total. The Hall–Kier alpha value is -2.34. The van der Waals surface area contributed by atoms with E-state index < -0.39 is 6.10 Å². The molecule has 136 valence electrons. The third-order valence-corrected chi connectivity index (χ3v) is 3.81. The van der Waals surface area contributed by atoms with E-state index in [0.717, 1.165) is 5.56 Å². The number of methoxy groups -OCH3 is 1. The van der Waals surface area contributed by atoms with Crippen molar-refractivity contribution in [3.63, 3.8) is 0 Å². The van der Waals surface area contributed by atoms with Gasteiger partial charge in [-0.25, -0.2) is 0 Å². The van der Waals surface area contributed by atoms with E-state index in [1.54, 1.807) is 31.1 Å². The van der Waals surface area contributed by atoms with E-state index in [1.165, 1.54) is 0 Å². The summed E-state index contributed by atoms with van der Waals surface area (Å²) in [7, 11) is 1.64. The smallest absolute Gasteiger partial charge is 0.265 e. The van der Waals surface area contributed by atoms with E-state index in [1.807, 2.05) is 18.2 Å². The Morgan fingerprint density at radius 3 is 2.80 bits per heavy atom.